The van der Waals surface area contributed by atoms with Crippen molar-refractivity contribution in [2.75, 3.05) is 6.61 Å². The van der Waals surface area contributed by atoms with E-state index >= 15 is 0 Å². The van der Waals surface area contributed by atoms with Gasteiger partial charge >= 0.3 is 0 Å². The van der Waals surface area contributed by atoms with E-state index in [1.54, 1.807) is 0 Å². The van der Waals surface area contributed by atoms with Crippen LogP contribution in [0.4, 0.5) is 0 Å². The molecule has 0 unspecified atom stereocenters. The lowest BCUT2D eigenvalue weighted by Gasteiger charge is -2.23. The van der Waals surface area contributed by atoms with Crippen molar-refractivity contribution in [3.8, 4) is 0 Å². The molecular weight excluding hydrogens is 314 g/mol. The van der Waals surface area contributed by atoms with Crippen LogP contribution in [-0.4, -0.2) is 23.3 Å². The molecule has 2 amide bonds. The predicted octanol–water partition coefficient (Wildman–Crippen LogP) is 3.36. The average molecular weight is 333 g/mol. The maximum Gasteiger partial charge on any atom is 0.254 e. The molecule has 25 heavy (non-hydrogen) atoms. The molecule has 0 aromatic heterocycles. The van der Waals surface area contributed by atoms with Crippen LogP contribution in [0.25, 0.3) is 0 Å². The predicted molar refractivity (Wildman–Crippen MR) is 93.6 cm³/mol. The second kappa shape index (κ2) is 6.65. The first-order valence-electron chi connectivity index (χ1n) is 8.53. The Morgan fingerprint density at radius 2 is 1.52 bits per heavy atom. The van der Waals surface area contributed by atoms with Crippen LogP contribution in [-0.2, 0) is 20.7 Å². The van der Waals surface area contributed by atoms with Crippen molar-refractivity contribution in [3.05, 3.63) is 83.4 Å². The van der Waals surface area contributed by atoms with E-state index < -0.39 is 0 Å². The fraction of sp³-hybridized carbons (Fsp3) is 0.238. The highest BCUT2D eigenvalue weighted by atomic mass is 16.5. The van der Waals surface area contributed by atoms with Gasteiger partial charge in [0.15, 0.2) is 0 Å². The molecule has 0 bridgehead atoms. The first-order chi connectivity index (χ1) is 12.2. The van der Waals surface area contributed by atoms with Crippen LogP contribution in [0.3, 0.4) is 0 Å². The molecule has 2 aromatic rings. The molecule has 4 rings (SSSR count). The normalized spacial score (nSPS) is 21.8. The third-order valence-corrected chi connectivity index (χ3v) is 4.85. The van der Waals surface area contributed by atoms with E-state index in [9.17, 15) is 9.59 Å². The molecule has 0 saturated heterocycles. The highest BCUT2D eigenvalue weighted by Crippen LogP contribution is 2.44. The molecule has 0 radical (unpaired) electrons. The van der Waals surface area contributed by atoms with Crippen LogP contribution in [0.15, 0.2) is 66.7 Å². The number of carbonyl (C=O) groups is 2. The van der Waals surface area contributed by atoms with Gasteiger partial charge in [-0.15, -0.1) is 0 Å². The third-order valence-electron chi connectivity index (χ3n) is 4.85. The van der Waals surface area contributed by atoms with E-state index in [2.05, 4.69) is 12.1 Å². The number of nitrogens with zero attached hydrogens (tertiary/aromatic N) is 1. The van der Waals surface area contributed by atoms with Gasteiger partial charge in [0.05, 0.1) is 18.8 Å². The lowest BCUT2D eigenvalue weighted by atomic mass is 10.1. The lowest BCUT2D eigenvalue weighted by Crippen LogP contribution is -2.33. The Morgan fingerprint density at radius 1 is 0.880 bits per heavy atom. The molecule has 126 valence electrons. The maximum absolute atomic E-state index is 12.1. The SMILES string of the molecule is O=C1C=CC(=O)N1[C@H]1C[C@H](OCCc2ccccc2)c2ccccc21. The molecule has 2 atom stereocenters. The molecule has 4 nitrogen and oxygen atoms in total. The second-order valence-electron chi connectivity index (χ2n) is 6.36. The van der Waals surface area contributed by atoms with Crippen LogP contribution in [0, 0.1) is 0 Å². The number of hydrogen-bond acceptors (Lipinski definition) is 3. The summed E-state index contributed by atoms with van der Waals surface area (Å²) in [6, 6.07) is 17.9. The molecule has 1 heterocycles. The quantitative estimate of drug-likeness (QED) is 0.788. The second-order valence-corrected chi connectivity index (χ2v) is 6.36. The summed E-state index contributed by atoms with van der Waals surface area (Å²) in [5.41, 5.74) is 3.32. The largest absolute Gasteiger partial charge is 0.373 e. The number of fused-ring (bicyclic) bond motifs is 1. The van der Waals surface area contributed by atoms with Gasteiger partial charge in [-0.25, -0.2) is 0 Å². The maximum atomic E-state index is 12.1. The number of amides is 2. The van der Waals surface area contributed by atoms with Crippen LogP contribution < -0.4 is 0 Å². The number of benzene rings is 2. The Hall–Kier alpha value is -2.72. The number of rotatable bonds is 5. The molecule has 2 aromatic carbocycles. The van der Waals surface area contributed by atoms with Gasteiger partial charge in [-0.3, -0.25) is 14.5 Å². The van der Waals surface area contributed by atoms with Gasteiger partial charge in [0, 0.05) is 18.6 Å². The summed E-state index contributed by atoms with van der Waals surface area (Å²) in [6.45, 7) is 0.607. The lowest BCUT2D eigenvalue weighted by molar-refractivity contribution is -0.140. The van der Waals surface area contributed by atoms with Crippen LogP contribution in [0.1, 0.15) is 35.3 Å². The molecule has 1 aliphatic heterocycles. The number of carbonyl (C=O) groups excluding carboxylic acids is 2. The van der Waals surface area contributed by atoms with E-state index in [1.807, 2.05) is 42.5 Å². The van der Waals surface area contributed by atoms with Crippen molar-refractivity contribution < 1.29 is 14.3 Å². The fourth-order valence-corrected chi connectivity index (χ4v) is 3.65. The highest BCUT2D eigenvalue weighted by Gasteiger charge is 2.40. The minimum atomic E-state index is -0.243. The Balaban J connectivity index is 1.49. The summed E-state index contributed by atoms with van der Waals surface area (Å²) in [6.07, 6.45) is 4.05. The van der Waals surface area contributed by atoms with Crippen LogP contribution in [0.5, 0.6) is 0 Å². The van der Waals surface area contributed by atoms with Crippen molar-refractivity contribution in [1.29, 1.82) is 0 Å². The minimum absolute atomic E-state index is 0.0916. The van der Waals surface area contributed by atoms with Crippen LogP contribution >= 0.6 is 0 Å². The average Bonchev–Trinajstić information content (AvgIpc) is 3.16. The number of hydrogen-bond donors (Lipinski definition) is 0. The van der Waals surface area contributed by atoms with Crippen molar-refractivity contribution in [3.63, 3.8) is 0 Å². The Kier molecular flexibility index (Phi) is 4.20. The van der Waals surface area contributed by atoms with Crippen LogP contribution in [0.2, 0.25) is 0 Å². The van der Waals surface area contributed by atoms with E-state index in [1.165, 1.54) is 22.6 Å². The standard InChI is InChI=1S/C21H19NO3/c23-20-10-11-21(24)22(20)18-14-19(17-9-5-4-8-16(17)18)25-13-12-15-6-2-1-3-7-15/h1-11,18-19H,12-14H2/t18-,19-/m0/s1. The summed E-state index contributed by atoms with van der Waals surface area (Å²) in [7, 11) is 0. The van der Waals surface area contributed by atoms with Gasteiger partial charge in [-0.2, -0.15) is 0 Å². The van der Waals surface area contributed by atoms with Gasteiger partial charge in [0.1, 0.15) is 0 Å². The Bertz CT molecular complexity index is 810. The summed E-state index contributed by atoms with van der Waals surface area (Å²) in [4.78, 5) is 25.5. The zero-order chi connectivity index (χ0) is 17.2. The van der Waals surface area contributed by atoms with Gasteiger partial charge in [-0.1, -0.05) is 54.6 Å². The topological polar surface area (TPSA) is 46.6 Å². The summed E-state index contributed by atoms with van der Waals surface area (Å²) < 4.78 is 6.12. The van der Waals surface area contributed by atoms with Crippen molar-refractivity contribution in [1.82, 2.24) is 4.90 Å². The molecule has 0 fully saturated rings. The zero-order valence-electron chi connectivity index (χ0n) is 13.8. The summed E-state index contributed by atoms with van der Waals surface area (Å²) in [5, 5.41) is 0. The van der Waals surface area contributed by atoms with Crippen molar-refractivity contribution in [2.24, 2.45) is 0 Å². The van der Waals surface area contributed by atoms with Crippen molar-refractivity contribution >= 4 is 11.8 Å². The monoisotopic (exact) mass is 333 g/mol. The fourth-order valence-electron chi connectivity index (χ4n) is 3.65. The van der Waals surface area contributed by atoms with Gasteiger partial charge in [0.25, 0.3) is 11.8 Å². The smallest absolute Gasteiger partial charge is 0.254 e. The Morgan fingerprint density at radius 3 is 2.24 bits per heavy atom. The molecule has 0 spiro atoms. The highest BCUT2D eigenvalue weighted by molar-refractivity contribution is 6.13. The summed E-state index contributed by atoms with van der Waals surface area (Å²) in [5.74, 6) is -0.482. The zero-order valence-corrected chi connectivity index (χ0v) is 13.8. The van der Waals surface area contributed by atoms with E-state index in [4.69, 9.17) is 4.74 Å². The van der Waals surface area contributed by atoms with E-state index in [-0.39, 0.29) is 24.0 Å². The van der Waals surface area contributed by atoms with E-state index in [0.717, 1.165) is 17.5 Å². The molecular formula is C21H19NO3. The third kappa shape index (κ3) is 3.01. The molecule has 0 N–H and O–H groups in total. The summed E-state index contributed by atoms with van der Waals surface area (Å²) >= 11 is 0. The molecule has 0 saturated carbocycles. The number of ether oxygens (including phenoxy) is 1. The van der Waals surface area contributed by atoms with Gasteiger partial charge in [0.2, 0.25) is 0 Å². The first kappa shape index (κ1) is 15.8. The number of imide groups is 1. The van der Waals surface area contributed by atoms with Gasteiger partial charge in [-0.05, 0) is 23.1 Å². The van der Waals surface area contributed by atoms with Crippen molar-refractivity contribution in [2.45, 2.75) is 25.0 Å². The van der Waals surface area contributed by atoms with E-state index in [0.29, 0.717) is 13.0 Å². The van der Waals surface area contributed by atoms with Gasteiger partial charge < -0.3 is 4.74 Å². The molecule has 2 aliphatic rings. The molecule has 4 heteroatoms. The Labute approximate surface area is 146 Å². The minimum Gasteiger partial charge on any atom is -0.373 e. The first-order valence-corrected chi connectivity index (χ1v) is 8.53. The molecule has 1 aliphatic carbocycles.